The van der Waals surface area contributed by atoms with Gasteiger partial charge in [-0.15, -0.1) is 6.58 Å². The highest BCUT2D eigenvalue weighted by atomic mass is 32.2. The van der Waals surface area contributed by atoms with Gasteiger partial charge in [-0.25, -0.2) is 4.39 Å². The highest BCUT2D eigenvalue weighted by Crippen LogP contribution is 2.13. The van der Waals surface area contributed by atoms with E-state index in [2.05, 4.69) is 13.5 Å². The first kappa shape index (κ1) is 19.9. The maximum absolute atomic E-state index is 12.6. The number of alkyl halides is 1. The van der Waals surface area contributed by atoms with Crippen LogP contribution >= 0.6 is 0 Å². The highest BCUT2D eigenvalue weighted by Gasteiger charge is 2.20. The third-order valence-electron chi connectivity index (χ3n) is 2.27. The zero-order chi connectivity index (χ0) is 14.4. The SMILES string of the molecule is C=CCN.CCCCCCCCC(F)S(=O)(=O)O. The summed E-state index contributed by atoms with van der Waals surface area (Å²) in [6.45, 7) is 6.04. The first-order chi connectivity index (χ1) is 8.40. The predicted molar refractivity (Wildman–Crippen MR) is 73.7 cm³/mol. The number of hydrogen-bond donors (Lipinski definition) is 2. The fraction of sp³-hybridized carbons (Fsp3) is 0.833. The van der Waals surface area contributed by atoms with Crippen molar-refractivity contribution in [3.8, 4) is 0 Å². The van der Waals surface area contributed by atoms with Crippen LogP contribution in [0.3, 0.4) is 0 Å². The van der Waals surface area contributed by atoms with Crippen molar-refractivity contribution in [2.24, 2.45) is 5.73 Å². The number of rotatable bonds is 9. The van der Waals surface area contributed by atoms with Gasteiger partial charge in [-0.2, -0.15) is 8.42 Å². The van der Waals surface area contributed by atoms with Crippen molar-refractivity contribution in [2.45, 2.75) is 57.4 Å². The minimum Gasteiger partial charge on any atom is -0.327 e. The molecule has 0 spiro atoms. The van der Waals surface area contributed by atoms with Gasteiger partial charge in [0, 0.05) is 6.54 Å². The summed E-state index contributed by atoms with van der Waals surface area (Å²) in [6.07, 6.45) is 7.34. The average Bonchev–Trinajstić information content (AvgIpc) is 2.32. The maximum atomic E-state index is 12.6. The molecule has 110 valence electrons. The van der Waals surface area contributed by atoms with Gasteiger partial charge in [-0.1, -0.05) is 45.1 Å². The van der Waals surface area contributed by atoms with Crippen LogP contribution in [-0.2, 0) is 10.1 Å². The molecular formula is C12H26FNO3S. The van der Waals surface area contributed by atoms with Gasteiger partial charge < -0.3 is 5.73 Å². The monoisotopic (exact) mass is 283 g/mol. The van der Waals surface area contributed by atoms with Crippen LogP contribution in [0.25, 0.3) is 0 Å². The molecule has 6 heteroatoms. The molecule has 0 radical (unpaired) electrons. The molecule has 18 heavy (non-hydrogen) atoms. The van der Waals surface area contributed by atoms with Crippen molar-refractivity contribution in [1.82, 2.24) is 0 Å². The van der Waals surface area contributed by atoms with Gasteiger partial charge in [0.2, 0.25) is 5.50 Å². The Labute approximate surface area is 110 Å². The molecule has 3 N–H and O–H groups in total. The number of nitrogens with two attached hydrogens (primary N) is 1. The van der Waals surface area contributed by atoms with E-state index >= 15 is 0 Å². The Morgan fingerprint density at radius 1 is 1.28 bits per heavy atom. The first-order valence-electron chi connectivity index (χ1n) is 6.31. The first-order valence-corrected chi connectivity index (χ1v) is 7.81. The predicted octanol–water partition coefficient (Wildman–Crippen LogP) is 3.05. The third-order valence-corrected chi connectivity index (χ3v) is 3.16. The zero-order valence-corrected chi connectivity index (χ0v) is 12.0. The largest absolute Gasteiger partial charge is 0.327 e. The van der Waals surface area contributed by atoms with E-state index in [-0.39, 0.29) is 6.42 Å². The summed E-state index contributed by atoms with van der Waals surface area (Å²) in [5, 5.41) is 0. The number of unbranched alkanes of at least 4 members (excludes halogenated alkanes) is 5. The molecule has 0 aromatic heterocycles. The summed E-state index contributed by atoms with van der Waals surface area (Å²) in [6, 6.07) is 0. The van der Waals surface area contributed by atoms with Crippen molar-refractivity contribution in [2.75, 3.05) is 6.54 Å². The Morgan fingerprint density at radius 3 is 2.11 bits per heavy atom. The third kappa shape index (κ3) is 15.5. The average molecular weight is 283 g/mol. The fourth-order valence-corrected chi connectivity index (χ4v) is 1.70. The van der Waals surface area contributed by atoms with Gasteiger partial charge in [0.25, 0.3) is 10.1 Å². The normalized spacial score (nSPS) is 12.4. The maximum Gasteiger partial charge on any atom is 0.297 e. The van der Waals surface area contributed by atoms with Crippen LogP contribution in [0.4, 0.5) is 4.39 Å². The van der Waals surface area contributed by atoms with Crippen LogP contribution in [0.15, 0.2) is 12.7 Å². The molecule has 0 heterocycles. The van der Waals surface area contributed by atoms with Crippen LogP contribution in [0.2, 0.25) is 0 Å². The van der Waals surface area contributed by atoms with E-state index in [4.69, 9.17) is 10.3 Å². The quantitative estimate of drug-likeness (QED) is 0.387. The lowest BCUT2D eigenvalue weighted by Gasteiger charge is -2.04. The number of hydrogen-bond acceptors (Lipinski definition) is 3. The van der Waals surface area contributed by atoms with E-state index in [1.165, 1.54) is 0 Å². The zero-order valence-electron chi connectivity index (χ0n) is 11.1. The second-order valence-corrected chi connectivity index (χ2v) is 5.55. The van der Waals surface area contributed by atoms with Crippen molar-refractivity contribution in [1.29, 1.82) is 0 Å². The lowest BCUT2D eigenvalue weighted by atomic mass is 10.1. The smallest absolute Gasteiger partial charge is 0.297 e. The Balaban J connectivity index is 0. The second kappa shape index (κ2) is 13.0. The Kier molecular flexibility index (Phi) is 14.3. The minimum absolute atomic E-state index is 0.0923. The summed E-state index contributed by atoms with van der Waals surface area (Å²) >= 11 is 0. The Hall–Kier alpha value is -0.460. The van der Waals surface area contributed by atoms with Crippen LogP contribution in [0.5, 0.6) is 0 Å². The highest BCUT2D eigenvalue weighted by molar-refractivity contribution is 7.86. The molecule has 0 fully saturated rings. The van der Waals surface area contributed by atoms with Crippen molar-refractivity contribution >= 4 is 10.1 Å². The molecule has 0 bridgehead atoms. The fourth-order valence-electron chi connectivity index (χ4n) is 1.23. The molecule has 0 aromatic rings. The van der Waals surface area contributed by atoms with E-state index < -0.39 is 15.6 Å². The molecule has 0 amide bonds. The molecule has 0 aliphatic rings. The molecular weight excluding hydrogens is 257 g/mol. The Morgan fingerprint density at radius 2 is 1.72 bits per heavy atom. The molecule has 0 aliphatic heterocycles. The Bertz CT molecular complexity index is 281. The molecule has 0 saturated carbocycles. The summed E-state index contributed by atoms with van der Waals surface area (Å²) in [4.78, 5) is 0. The second-order valence-electron chi connectivity index (χ2n) is 4.01. The molecule has 4 nitrogen and oxygen atoms in total. The molecule has 0 rings (SSSR count). The molecule has 0 saturated heterocycles. The van der Waals surface area contributed by atoms with E-state index in [0.29, 0.717) is 13.0 Å². The summed E-state index contributed by atoms with van der Waals surface area (Å²) in [7, 11) is -4.47. The molecule has 1 atom stereocenters. The van der Waals surface area contributed by atoms with Crippen molar-refractivity contribution in [3.63, 3.8) is 0 Å². The van der Waals surface area contributed by atoms with Gasteiger partial charge in [-0.3, -0.25) is 4.55 Å². The van der Waals surface area contributed by atoms with E-state index in [9.17, 15) is 12.8 Å². The van der Waals surface area contributed by atoms with E-state index in [0.717, 1.165) is 32.1 Å². The van der Waals surface area contributed by atoms with Crippen LogP contribution in [0.1, 0.15) is 51.9 Å². The van der Waals surface area contributed by atoms with Crippen LogP contribution in [-0.4, -0.2) is 25.0 Å². The minimum atomic E-state index is -4.47. The summed E-state index contributed by atoms with van der Waals surface area (Å²) in [5.74, 6) is 0. The van der Waals surface area contributed by atoms with Gasteiger partial charge >= 0.3 is 0 Å². The molecule has 0 aromatic carbocycles. The van der Waals surface area contributed by atoms with Crippen LogP contribution < -0.4 is 5.73 Å². The van der Waals surface area contributed by atoms with Crippen molar-refractivity contribution in [3.05, 3.63) is 12.7 Å². The summed E-state index contributed by atoms with van der Waals surface area (Å²) < 4.78 is 41.5. The molecule has 0 aliphatic carbocycles. The molecule has 1 unspecified atom stereocenters. The number of halogens is 1. The summed E-state index contributed by atoms with van der Waals surface area (Å²) in [5.41, 5.74) is 2.81. The van der Waals surface area contributed by atoms with Gasteiger partial charge in [0.1, 0.15) is 0 Å². The topological polar surface area (TPSA) is 80.4 Å². The van der Waals surface area contributed by atoms with E-state index in [1.807, 2.05) is 0 Å². The van der Waals surface area contributed by atoms with Gasteiger partial charge in [0.05, 0.1) is 0 Å². The van der Waals surface area contributed by atoms with Gasteiger partial charge in [0.15, 0.2) is 0 Å². The van der Waals surface area contributed by atoms with E-state index in [1.54, 1.807) is 6.08 Å². The lowest BCUT2D eigenvalue weighted by Crippen LogP contribution is -2.14. The lowest BCUT2D eigenvalue weighted by molar-refractivity contribution is 0.350. The van der Waals surface area contributed by atoms with Gasteiger partial charge in [-0.05, 0) is 12.8 Å². The van der Waals surface area contributed by atoms with Crippen molar-refractivity contribution < 1.29 is 17.4 Å². The standard InChI is InChI=1S/C9H19FO3S.C3H7N/c1-2-3-4-5-6-7-8-9(10)14(11,12)13;1-2-3-4/h9H,2-8H2,1H3,(H,11,12,13);2H,1,3-4H2. The van der Waals surface area contributed by atoms with Crippen LogP contribution in [0, 0.1) is 0 Å².